The lowest BCUT2D eigenvalue weighted by molar-refractivity contribution is -0.385. The van der Waals surface area contributed by atoms with Gasteiger partial charge in [0.05, 0.1) is 23.0 Å². The van der Waals surface area contributed by atoms with Crippen LogP contribution in [0.5, 0.6) is 0 Å². The van der Waals surface area contributed by atoms with E-state index < -0.39 is 10.8 Å². The summed E-state index contributed by atoms with van der Waals surface area (Å²) in [5.41, 5.74) is 0.104. The monoisotopic (exact) mass is 290 g/mol. The van der Waals surface area contributed by atoms with Crippen LogP contribution in [0.15, 0.2) is 12.4 Å². The summed E-state index contributed by atoms with van der Waals surface area (Å²) in [5.74, 6) is -0.0301. The summed E-state index contributed by atoms with van der Waals surface area (Å²) in [6.07, 6.45) is 3.95. The number of nitro groups is 1. The number of hydrogen-bond donors (Lipinski definition) is 2. The molecule has 0 aromatic carbocycles. The van der Waals surface area contributed by atoms with E-state index in [4.69, 9.17) is 0 Å². The second-order valence-corrected chi connectivity index (χ2v) is 4.21. The molecule has 2 rings (SSSR count). The predicted octanol–water partition coefficient (Wildman–Crippen LogP) is 1.48. The van der Waals surface area contributed by atoms with E-state index in [2.05, 4.69) is 25.5 Å². The van der Waals surface area contributed by atoms with Crippen LogP contribution in [0.3, 0.4) is 0 Å². The maximum absolute atomic E-state index is 12.1. The highest BCUT2D eigenvalue weighted by molar-refractivity contribution is 6.05. The topological polar surface area (TPSA) is 127 Å². The largest absolute Gasteiger partial charge is 0.322 e. The zero-order valence-corrected chi connectivity index (χ0v) is 11.6. The molecule has 0 saturated carbocycles. The first kappa shape index (κ1) is 14.6. The summed E-state index contributed by atoms with van der Waals surface area (Å²) >= 11 is 0. The molecular formula is C12H14N6O3. The van der Waals surface area contributed by atoms with Gasteiger partial charge in [0.1, 0.15) is 11.5 Å². The molecule has 0 radical (unpaired) electrons. The Morgan fingerprint density at radius 3 is 2.52 bits per heavy atom. The van der Waals surface area contributed by atoms with Crippen LogP contribution >= 0.6 is 0 Å². The summed E-state index contributed by atoms with van der Waals surface area (Å²) in [6, 6.07) is 0. The first-order chi connectivity index (χ1) is 10.1. The summed E-state index contributed by atoms with van der Waals surface area (Å²) in [7, 11) is 0. The fourth-order valence-electron chi connectivity index (χ4n) is 1.77. The number of nitrogens with zero attached hydrogens (tertiary/aromatic N) is 4. The minimum Gasteiger partial charge on any atom is -0.318 e. The lowest BCUT2D eigenvalue weighted by Gasteiger charge is -2.02. The molecule has 2 aromatic heterocycles. The Labute approximate surface area is 120 Å². The minimum absolute atomic E-state index is 0.253. The van der Waals surface area contributed by atoms with Crippen molar-refractivity contribution in [3.63, 3.8) is 0 Å². The van der Waals surface area contributed by atoms with Crippen molar-refractivity contribution >= 4 is 17.3 Å². The average molecular weight is 290 g/mol. The van der Waals surface area contributed by atoms with Crippen molar-refractivity contribution < 1.29 is 9.72 Å². The Kier molecular flexibility index (Phi) is 4.21. The normalized spacial score (nSPS) is 10.4. The van der Waals surface area contributed by atoms with Crippen LogP contribution < -0.4 is 5.32 Å². The Balaban J connectivity index is 2.23. The van der Waals surface area contributed by atoms with Gasteiger partial charge in [-0.25, -0.2) is 9.97 Å². The summed E-state index contributed by atoms with van der Waals surface area (Å²) in [5, 5.41) is 19.8. The number of hydrogen-bond acceptors (Lipinski definition) is 6. The number of rotatable bonds is 5. The molecule has 0 saturated heterocycles. The molecule has 21 heavy (non-hydrogen) atoms. The number of aryl methyl sites for hydroxylation is 2. The molecule has 0 aliphatic rings. The van der Waals surface area contributed by atoms with E-state index >= 15 is 0 Å². The first-order valence-corrected chi connectivity index (χ1v) is 6.40. The summed E-state index contributed by atoms with van der Waals surface area (Å²) < 4.78 is 0. The van der Waals surface area contributed by atoms with E-state index in [0.29, 0.717) is 30.0 Å². The molecule has 0 fully saturated rings. The zero-order valence-electron chi connectivity index (χ0n) is 11.6. The van der Waals surface area contributed by atoms with Crippen LogP contribution in [-0.4, -0.2) is 31.0 Å². The van der Waals surface area contributed by atoms with Gasteiger partial charge in [0.15, 0.2) is 0 Å². The molecule has 0 aliphatic carbocycles. The van der Waals surface area contributed by atoms with E-state index in [-0.39, 0.29) is 11.4 Å². The molecule has 0 unspecified atom stereocenters. The van der Waals surface area contributed by atoms with Crippen molar-refractivity contribution in [1.82, 2.24) is 20.2 Å². The minimum atomic E-state index is -0.675. The van der Waals surface area contributed by atoms with Crippen LogP contribution in [0.1, 0.15) is 35.9 Å². The third kappa shape index (κ3) is 3.02. The van der Waals surface area contributed by atoms with Crippen LogP contribution in [0.4, 0.5) is 11.4 Å². The summed E-state index contributed by atoms with van der Waals surface area (Å²) in [4.78, 5) is 30.6. The quantitative estimate of drug-likeness (QED) is 0.634. The van der Waals surface area contributed by atoms with Crippen molar-refractivity contribution in [2.45, 2.75) is 26.7 Å². The fraction of sp³-hybridized carbons (Fsp3) is 0.333. The highest BCUT2D eigenvalue weighted by atomic mass is 16.6. The number of carbonyl (C=O) groups excluding carboxylic acids is 1. The maximum atomic E-state index is 12.1. The van der Waals surface area contributed by atoms with Gasteiger partial charge in [-0.2, -0.15) is 5.10 Å². The highest BCUT2D eigenvalue weighted by Crippen LogP contribution is 2.22. The summed E-state index contributed by atoms with van der Waals surface area (Å²) in [6.45, 7) is 3.65. The van der Waals surface area contributed by atoms with E-state index in [1.165, 1.54) is 12.4 Å². The van der Waals surface area contributed by atoms with Gasteiger partial charge in [-0.3, -0.25) is 20.0 Å². The van der Waals surface area contributed by atoms with Crippen LogP contribution in [0.2, 0.25) is 0 Å². The number of aromatic amines is 1. The van der Waals surface area contributed by atoms with E-state index in [1.807, 2.05) is 6.92 Å². The number of amides is 1. The fourth-order valence-corrected chi connectivity index (χ4v) is 1.77. The Bertz CT molecular complexity index is 664. The lowest BCUT2D eigenvalue weighted by atomic mass is 10.2. The standard InChI is InChI=1S/C12H14N6O3/c1-3-8-11(18(20)21)10(17-16-8)12(19)15-7-5-13-9(4-2)14-6-7/h5-6H,3-4H2,1-2H3,(H,15,19)(H,16,17). The molecule has 9 heteroatoms. The molecule has 0 atom stereocenters. The smallest absolute Gasteiger partial charge is 0.318 e. The number of nitrogens with one attached hydrogen (secondary N) is 2. The van der Waals surface area contributed by atoms with Crippen LogP contribution in [0, 0.1) is 10.1 Å². The molecule has 0 spiro atoms. The molecule has 110 valence electrons. The van der Waals surface area contributed by atoms with Crippen molar-refractivity contribution in [3.05, 3.63) is 39.7 Å². The van der Waals surface area contributed by atoms with Gasteiger partial charge in [-0.15, -0.1) is 0 Å². The number of anilines is 1. The predicted molar refractivity (Wildman–Crippen MR) is 74.0 cm³/mol. The molecule has 9 nitrogen and oxygen atoms in total. The first-order valence-electron chi connectivity index (χ1n) is 6.40. The van der Waals surface area contributed by atoms with Crippen molar-refractivity contribution in [2.75, 3.05) is 5.32 Å². The van der Waals surface area contributed by atoms with Crippen molar-refractivity contribution in [2.24, 2.45) is 0 Å². The number of H-pyrrole nitrogens is 1. The van der Waals surface area contributed by atoms with Gasteiger partial charge in [0.2, 0.25) is 5.69 Å². The second kappa shape index (κ2) is 6.07. The molecule has 2 N–H and O–H groups in total. The van der Waals surface area contributed by atoms with Gasteiger partial charge < -0.3 is 5.32 Å². The van der Waals surface area contributed by atoms with Gasteiger partial charge in [0, 0.05) is 6.42 Å². The Morgan fingerprint density at radius 2 is 2.00 bits per heavy atom. The van der Waals surface area contributed by atoms with E-state index in [9.17, 15) is 14.9 Å². The molecule has 0 aliphatic heterocycles. The molecular weight excluding hydrogens is 276 g/mol. The van der Waals surface area contributed by atoms with Gasteiger partial charge in [0.25, 0.3) is 5.91 Å². The van der Waals surface area contributed by atoms with Gasteiger partial charge in [-0.05, 0) is 6.42 Å². The maximum Gasteiger partial charge on any atom is 0.322 e. The third-order valence-electron chi connectivity index (χ3n) is 2.84. The van der Waals surface area contributed by atoms with Crippen molar-refractivity contribution in [1.29, 1.82) is 0 Å². The molecule has 2 aromatic rings. The molecule has 1 amide bonds. The van der Waals surface area contributed by atoms with E-state index in [1.54, 1.807) is 6.92 Å². The Morgan fingerprint density at radius 1 is 1.33 bits per heavy atom. The number of carbonyl (C=O) groups is 1. The van der Waals surface area contributed by atoms with Crippen molar-refractivity contribution in [3.8, 4) is 0 Å². The second-order valence-electron chi connectivity index (χ2n) is 4.21. The SMILES string of the molecule is CCc1ncc(NC(=O)c2n[nH]c(CC)c2[N+](=O)[O-])cn1. The highest BCUT2D eigenvalue weighted by Gasteiger charge is 2.28. The van der Waals surface area contributed by atoms with Crippen LogP contribution in [0.25, 0.3) is 0 Å². The molecule has 2 heterocycles. The van der Waals surface area contributed by atoms with Gasteiger partial charge >= 0.3 is 5.69 Å². The third-order valence-corrected chi connectivity index (χ3v) is 2.84. The number of aromatic nitrogens is 4. The Hall–Kier alpha value is -2.84. The lowest BCUT2D eigenvalue weighted by Crippen LogP contribution is -2.15. The molecule has 0 bridgehead atoms. The van der Waals surface area contributed by atoms with Gasteiger partial charge in [-0.1, -0.05) is 13.8 Å². The zero-order chi connectivity index (χ0) is 15.4. The van der Waals surface area contributed by atoms with Crippen LogP contribution in [-0.2, 0) is 12.8 Å². The van der Waals surface area contributed by atoms with E-state index in [0.717, 1.165) is 0 Å². The average Bonchev–Trinajstić information content (AvgIpc) is 2.92.